The molecule has 1 fully saturated rings. The van der Waals surface area contributed by atoms with Gasteiger partial charge < -0.3 is 16.9 Å². The van der Waals surface area contributed by atoms with Gasteiger partial charge in [0.2, 0.25) is 0 Å². The van der Waals surface area contributed by atoms with Crippen LogP contribution in [0.5, 0.6) is 0 Å². The van der Waals surface area contributed by atoms with Gasteiger partial charge in [-0.2, -0.15) is 0 Å². The second-order valence-corrected chi connectivity index (χ2v) is 6.50. The van der Waals surface area contributed by atoms with Crippen molar-refractivity contribution in [2.75, 3.05) is 26.7 Å². The fraction of sp³-hybridized carbons (Fsp3) is 1.00. The van der Waals surface area contributed by atoms with E-state index >= 15 is 0 Å². The largest absolute Gasteiger partial charge is 1.00 e. The van der Waals surface area contributed by atoms with Gasteiger partial charge in [0.15, 0.2) is 0 Å². The Morgan fingerprint density at radius 1 is 1.12 bits per heavy atom. The predicted octanol–water partition coefficient (Wildman–Crippen LogP) is 0.399. The molecule has 0 N–H and O–H groups in total. The minimum absolute atomic E-state index is 0. The fourth-order valence-electron chi connectivity index (χ4n) is 2.13. The molecule has 0 saturated carbocycles. The average molecular weight is 290 g/mol. The maximum absolute atomic E-state index is 5.82. The van der Waals surface area contributed by atoms with Crippen molar-refractivity contribution in [2.24, 2.45) is 0 Å². The number of likely N-dealkylation sites (tertiary alicyclic amines) is 1. The van der Waals surface area contributed by atoms with Crippen molar-refractivity contribution in [1.82, 2.24) is 3.94 Å². The molecule has 1 saturated heterocycles. The smallest absolute Gasteiger partial charge is 0.0803 e. The Balaban J connectivity index is 0.00000225. The second-order valence-electron chi connectivity index (χ2n) is 5.65. The van der Waals surface area contributed by atoms with Crippen molar-refractivity contribution >= 4 is 23.6 Å². The van der Waals surface area contributed by atoms with Crippen LogP contribution in [0, 0.1) is 0 Å². The molecule has 1 aliphatic heterocycles. The molecule has 0 spiro atoms. The van der Waals surface area contributed by atoms with E-state index in [2.05, 4.69) is 20.9 Å². The van der Waals surface area contributed by atoms with E-state index in [1.807, 2.05) is 0 Å². The fourth-order valence-corrected chi connectivity index (χ4v) is 2.30. The van der Waals surface area contributed by atoms with Crippen molar-refractivity contribution in [2.45, 2.75) is 45.1 Å². The lowest BCUT2D eigenvalue weighted by molar-refractivity contribution is -0.914. The SMILES string of the molecule is CC(C)(CC[N+]1(C)CCCCC1)N(Cl)Cl.[Cl-]. The van der Waals surface area contributed by atoms with E-state index in [-0.39, 0.29) is 17.9 Å². The van der Waals surface area contributed by atoms with Gasteiger partial charge in [0, 0.05) is 6.42 Å². The van der Waals surface area contributed by atoms with Gasteiger partial charge in [-0.3, -0.25) is 0 Å². The molecule has 1 aliphatic rings. The molecule has 2 nitrogen and oxygen atoms in total. The first kappa shape index (κ1) is 16.8. The molecule has 0 aromatic heterocycles. The normalized spacial score (nSPS) is 20.6. The van der Waals surface area contributed by atoms with Crippen molar-refractivity contribution in [3.63, 3.8) is 0 Å². The van der Waals surface area contributed by atoms with Gasteiger partial charge >= 0.3 is 0 Å². The molecule has 0 atom stereocenters. The standard InChI is InChI=1S/C11H23Cl2N2.ClH/c1-11(2,14(12)13)7-10-15(3)8-5-4-6-9-15;/h4-10H2,1-3H3;1H/q+1;/p-1. The second kappa shape index (κ2) is 6.65. The predicted molar refractivity (Wildman–Crippen MR) is 66.9 cm³/mol. The molecule has 16 heavy (non-hydrogen) atoms. The van der Waals surface area contributed by atoms with E-state index in [1.54, 1.807) is 0 Å². The Labute approximate surface area is 116 Å². The van der Waals surface area contributed by atoms with Crippen LogP contribution >= 0.6 is 23.6 Å². The number of hydrogen-bond acceptors (Lipinski definition) is 1. The van der Waals surface area contributed by atoms with Crippen LogP contribution in [0.3, 0.4) is 0 Å². The van der Waals surface area contributed by atoms with Gasteiger partial charge in [0.1, 0.15) is 0 Å². The van der Waals surface area contributed by atoms with E-state index in [0.29, 0.717) is 0 Å². The van der Waals surface area contributed by atoms with Crippen molar-refractivity contribution in [3.05, 3.63) is 0 Å². The zero-order chi connectivity index (χ0) is 11.5. The van der Waals surface area contributed by atoms with Crippen molar-refractivity contribution in [3.8, 4) is 0 Å². The van der Waals surface area contributed by atoms with Gasteiger partial charge in [-0.05, 0) is 56.7 Å². The molecular formula is C11H23Cl3N2. The van der Waals surface area contributed by atoms with Crippen LogP contribution in [-0.2, 0) is 0 Å². The van der Waals surface area contributed by atoms with Crippen LogP contribution in [0.25, 0.3) is 0 Å². The van der Waals surface area contributed by atoms with Gasteiger partial charge in [-0.25, -0.2) is 0 Å². The monoisotopic (exact) mass is 288 g/mol. The van der Waals surface area contributed by atoms with E-state index in [4.69, 9.17) is 23.6 Å². The highest BCUT2D eigenvalue weighted by atomic mass is 35.5. The van der Waals surface area contributed by atoms with Crippen molar-refractivity contribution in [1.29, 1.82) is 0 Å². The Morgan fingerprint density at radius 2 is 1.62 bits per heavy atom. The van der Waals surface area contributed by atoms with Crippen molar-refractivity contribution < 1.29 is 16.9 Å². The highest BCUT2D eigenvalue weighted by Gasteiger charge is 2.31. The molecule has 0 aliphatic carbocycles. The molecule has 0 amide bonds. The minimum Gasteiger partial charge on any atom is -1.00 e. The summed E-state index contributed by atoms with van der Waals surface area (Å²) in [6, 6.07) is 0. The maximum Gasteiger partial charge on any atom is 0.0803 e. The van der Waals surface area contributed by atoms with E-state index in [1.165, 1.54) is 47.3 Å². The summed E-state index contributed by atoms with van der Waals surface area (Å²) in [7, 11) is 2.35. The average Bonchev–Trinajstić information content (AvgIpc) is 2.16. The lowest BCUT2D eigenvalue weighted by Gasteiger charge is -2.40. The summed E-state index contributed by atoms with van der Waals surface area (Å²) in [4.78, 5) is 0. The number of hydrogen-bond donors (Lipinski definition) is 0. The van der Waals surface area contributed by atoms with Crippen LogP contribution in [0.2, 0.25) is 0 Å². The lowest BCUT2D eigenvalue weighted by Crippen LogP contribution is -3.00. The molecule has 0 radical (unpaired) electrons. The van der Waals surface area contributed by atoms with Gasteiger partial charge in [0.25, 0.3) is 0 Å². The maximum atomic E-state index is 5.82. The topological polar surface area (TPSA) is 3.24 Å². The first-order valence-corrected chi connectivity index (χ1v) is 6.49. The van der Waals surface area contributed by atoms with Crippen LogP contribution in [-0.4, -0.2) is 40.6 Å². The van der Waals surface area contributed by atoms with E-state index in [9.17, 15) is 0 Å². The highest BCUT2D eigenvalue weighted by Crippen LogP contribution is 2.26. The lowest BCUT2D eigenvalue weighted by atomic mass is 10.00. The quantitative estimate of drug-likeness (QED) is 0.535. The third kappa shape index (κ3) is 4.97. The van der Waals surface area contributed by atoms with Crippen LogP contribution < -0.4 is 12.4 Å². The Morgan fingerprint density at radius 3 is 2.06 bits per heavy atom. The van der Waals surface area contributed by atoms with Crippen LogP contribution in [0.1, 0.15) is 39.5 Å². The van der Waals surface area contributed by atoms with Crippen LogP contribution in [0.4, 0.5) is 0 Å². The number of nitrogens with zero attached hydrogens (tertiary/aromatic N) is 2. The number of rotatable bonds is 4. The Bertz CT molecular complexity index is 201. The number of piperidine rings is 1. The highest BCUT2D eigenvalue weighted by molar-refractivity contribution is 6.34. The number of quaternary nitrogens is 1. The summed E-state index contributed by atoms with van der Waals surface area (Å²) < 4.78 is 2.48. The molecule has 0 aromatic rings. The summed E-state index contributed by atoms with van der Waals surface area (Å²) in [5.74, 6) is 0. The summed E-state index contributed by atoms with van der Waals surface area (Å²) >= 11 is 11.6. The Kier molecular flexibility index (Phi) is 6.98. The van der Waals surface area contributed by atoms with Crippen LogP contribution in [0.15, 0.2) is 0 Å². The summed E-state index contributed by atoms with van der Waals surface area (Å²) in [6.45, 7) is 7.95. The summed E-state index contributed by atoms with van der Waals surface area (Å²) in [6.07, 6.45) is 5.16. The molecule has 1 rings (SSSR count). The molecule has 5 heteroatoms. The molecule has 0 aromatic carbocycles. The molecule has 1 heterocycles. The summed E-state index contributed by atoms with van der Waals surface area (Å²) in [5.41, 5.74) is -0.123. The molecule has 98 valence electrons. The zero-order valence-electron chi connectivity index (χ0n) is 10.5. The molecular weight excluding hydrogens is 266 g/mol. The van der Waals surface area contributed by atoms with E-state index in [0.717, 1.165) is 6.42 Å². The summed E-state index contributed by atoms with van der Waals surface area (Å²) in [5, 5.41) is 0. The van der Waals surface area contributed by atoms with Gasteiger partial charge in [0.05, 0.1) is 32.2 Å². The first-order valence-electron chi connectivity index (χ1n) is 5.81. The third-order valence-corrected chi connectivity index (χ3v) is 4.53. The third-order valence-electron chi connectivity index (χ3n) is 3.62. The Hall–Kier alpha value is 0.790. The van der Waals surface area contributed by atoms with Gasteiger partial charge in [-0.15, -0.1) is 3.94 Å². The molecule has 0 bridgehead atoms. The number of halogens is 3. The van der Waals surface area contributed by atoms with E-state index < -0.39 is 0 Å². The first-order chi connectivity index (χ1) is 6.86. The van der Waals surface area contributed by atoms with Gasteiger partial charge in [-0.1, -0.05) is 0 Å². The minimum atomic E-state index is -0.123. The zero-order valence-corrected chi connectivity index (χ0v) is 12.7. The molecule has 0 unspecified atom stereocenters.